The number of ether oxygens (including phenoxy) is 2. The van der Waals surface area contributed by atoms with E-state index in [9.17, 15) is 4.79 Å². The van der Waals surface area contributed by atoms with E-state index in [0.29, 0.717) is 19.0 Å². The van der Waals surface area contributed by atoms with Crippen LogP contribution in [0.4, 0.5) is 5.82 Å². The Morgan fingerprint density at radius 1 is 1.08 bits per heavy atom. The second-order valence-corrected chi connectivity index (χ2v) is 11.2. The highest BCUT2D eigenvalue weighted by Gasteiger charge is 2.43. The van der Waals surface area contributed by atoms with Crippen molar-refractivity contribution in [1.29, 1.82) is 0 Å². The molecule has 10 heteroatoms. The van der Waals surface area contributed by atoms with Gasteiger partial charge in [0.25, 0.3) is 0 Å². The van der Waals surface area contributed by atoms with Crippen LogP contribution in [0.1, 0.15) is 45.2 Å². The molecule has 2 saturated heterocycles. The molecule has 0 atom stereocenters. The first-order valence-corrected chi connectivity index (χ1v) is 13.0. The monoisotopic (exact) mass is 515 g/mol. The quantitative estimate of drug-likeness (QED) is 0.417. The van der Waals surface area contributed by atoms with Crippen molar-refractivity contribution in [2.24, 2.45) is 5.41 Å². The number of hydrogen-bond donors (Lipinski definition) is 2. The van der Waals surface area contributed by atoms with Gasteiger partial charge in [-0.2, -0.15) is 10.2 Å². The lowest BCUT2D eigenvalue weighted by atomic mass is 9.84. The summed E-state index contributed by atoms with van der Waals surface area (Å²) in [5.74, 6) is 0.391. The number of benzene rings is 1. The average molecular weight is 516 g/mol. The fraction of sp³-hybridized carbons (Fsp3) is 0.429. The highest BCUT2D eigenvalue weighted by molar-refractivity contribution is 5.91. The molecule has 0 aliphatic carbocycles. The molecule has 0 unspecified atom stereocenters. The lowest BCUT2D eigenvalue weighted by Gasteiger charge is -2.44. The van der Waals surface area contributed by atoms with Gasteiger partial charge < -0.3 is 20.5 Å². The molecule has 1 amide bonds. The molecule has 0 bridgehead atoms. The number of rotatable bonds is 5. The van der Waals surface area contributed by atoms with Gasteiger partial charge in [0.1, 0.15) is 17.4 Å². The summed E-state index contributed by atoms with van der Waals surface area (Å²) in [6.07, 6.45) is 5.12. The van der Waals surface area contributed by atoms with Gasteiger partial charge in [0, 0.05) is 36.0 Å². The molecule has 3 aromatic heterocycles. The molecule has 0 saturated carbocycles. The van der Waals surface area contributed by atoms with Crippen molar-refractivity contribution in [3.05, 3.63) is 54.5 Å². The molecule has 5 heterocycles. The van der Waals surface area contributed by atoms with Gasteiger partial charge >= 0.3 is 0 Å². The highest BCUT2D eigenvalue weighted by atomic mass is 16.5. The topological polar surface area (TPSA) is 122 Å². The van der Waals surface area contributed by atoms with Gasteiger partial charge in [0.15, 0.2) is 5.82 Å². The third kappa shape index (κ3) is 4.13. The predicted octanol–water partition coefficient (Wildman–Crippen LogP) is 3.58. The van der Waals surface area contributed by atoms with E-state index in [2.05, 4.69) is 37.3 Å². The Balaban J connectivity index is 1.44. The van der Waals surface area contributed by atoms with Crippen molar-refractivity contribution < 1.29 is 14.3 Å². The number of carbonyl (C=O) groups excluding carboxylic acids is 1. The molecule has 3 N–H and O–H groups in total. The highest BCUT2D eigenvalue weighted by Crippen LogP contribution is 2.38. The maximum atomic E-state index is 12.9. The van der Waals surface area contributed by atoms with E-state index in [0.717, 1.165) is 59.7 Å². The molecular weight excluding hydrogens is 482 g/mol. The minimum absolute atomic E-state index is 0.0106. The molecule has 10 nitrogen and oxygen atoms in total. The van der Waals surface area contributed by atoms with Crippen molar-refractivity contribution in [1.82, 2.24) is 29.7 Å². The van der Waals surface area contributed by atoms with Crippen LogP contribution in [0.25, 0.3) is 28.0 Å². The smallest absolute Gasteiger partial charge is 0.226 e. The first kappa shape index (κ1) is 24.6. The minimum Gasteiger partial charge on any atom is -0.382 e. The maximum Gasteiger partial charge on any atom is 0.226 e. The Kier molecular flexibility index (Phi) is 5.96. The molecule has 38 heavy (non-hydrogen) atoms. The maximum absolute atomic E-state index is 12.9. The summed E-state index contributed by atoms with van der Waals surface area (Å²) < 4.78 is 15.1. The van der Waals surface area contributed by atoms with E-state index in [1.807, 2.05) is 55.7 Å². The van der Waals surface area contributed by atoms with Crippen LogP contribution in [-0.4, -0.2) is 56.7 Å². The number of amides is 1. The van der Waals surface area contributed by atoms with Crippen molar-refractivity contribution >= 4 is 17.2 Å². The second-order valence-electron chi connectivity index (χ2n) is 11.2. The van der Waals surface area contributed by atoms with Gasteiger partial charge in [-0.15, -0.1) is 0 Å². The summed E-state index contributed by atoms with van der Waals surface area (Å²) in [5.41, 5.74) is 10.8. The van der Waals surface area contributed by atoms with E-state index in [1.165, 1.54) is 6.33 Å². The zero-order chi connectivity index (χ0) is 26.5. The molecule has 4 aromatic rings. The molecule has 1 aromatic carbocycles. The third-order valence-corrected chi connectivity index (χ3v) is 7.51. The Morgan fingerprint density at radius 3 is 2.58 bits per heavy atom. The van der Waals surface area contributed by atoms with Gasteiger partial charge in [-0.3, -0.25) is 9.48 Å². The predicted molar refractivity (Wildman–Crippen MR) is 143 cm³/mol. The normalized spacial score (nSPS) is 17.9. The van der Waals surface area contributed by atoms with Gasteiger partial charge in [-0.1, -0.05) is 39.0 Å². The van der Waals surface area contributed by atoms with Gasteiger partial charge in [-0.05, 0) is 36.6 Å². The van der Waals surface area contributed by atoms with E-state index >= 15 is 0 Å². The molecular formula is C28H33N7O3. The standard InChI is InChI=1S/C28H33N7O3/c1-27(2,3)26(36)33-28(15-38-16-28)19-6-4-5-18(13-19)23-14-21(24-25(29)30-17-32-35(23)24)22-7-10-31-34(22)20-8-11-37-12-9-20/h4-7,10,13-14,17,20H,8-9,11-12,15-16H2,1-3H3,(H,33,36)(H2,29,30,32). The molecule has 6 rings (SSSR count). The number of nitrogens with zero attached hydrogens (tertiary/aromatic N) is 5. The molecule has 2 aliphatic rings. The lowest BCUT2D eigenvalue weighted by molar-refractivity contribution is -0.141. The van der Waals surface area contributed by atoms with Crippen LogP contribution < -0.4 is 11.1 Å². The van der Waals surface area contributed by atoms with Crippen LogP contribution in [0.3, 0.4) is 0 Å². The zero-order valence-corrected chi connectivity index (χ0v) is 22.0. The first-order chi connectivity index (χ1) is 18.3. The largest absolute Gasteiger partial charge is 0.382 e. The number of nitrogen functional groups attached to an aromatic ring is 1. The van der Waals surface area contributed by atoms with Crippen molar-refractivity contribution in [3.8, 4) is 22.5 Å². The van der Waals surface area contributed by atoms with Crippen LogP contribution in [0.5, 0.6) is 0 Å². The van der Waals surface area contributed by atoms with Gasteiger partial charge in [0.05, 0.1) is 30.6 Å². The van der Waals surface area contributed by atoms with Crippen LogP contribution in [-0.2, 0) is 19.8 Å². The Hall–Kier alpha value is -3.76. The molecule has 0 radical (unpaired) electrons. The lowest BCUT2D eigenvalue weighted by Crippen LogP contribution is -2.61. The summed E-state index contributed by atoms with van der Waals surface area (Å²) in [7, 11) is 0. The summed E-state index contributed by atoms with van der Waals surface area (Å²) in [6.45, 7) is 8.04. The second kappa shape index (κ2) is 9.21. The third-order valence-electron chi connectivity index (χ3n) is 7.51. The van der Waals surface area contributed by atoms with Crippen LogP contribution in [0.15, 0.2) is 48.9 Å². The van der Waals surface area contributed by atoms with Crippen LogP contribution >= 0.6 is 0 Å². The number of nitrogens with one attached hydrogen (secondary N) is 1. The minimum atomic E-state index is -0.564. The number of fused-ring (bicyclic) bond motifs is 1. The number of aromatic nitrogens is 5. The number of hydrogen-bond acceptors (Lipinski definition) is 7. The van der Waals surface area contributed by atoms with Gasteiger partial charge in [0.2, 0.25) is 5.91 Å². The molecule has 2 fully saturated rings. The molecule has 0 spiro atoms. The number of anilines is 1. The summed E-state index contributed by atoms with van der Waals surface area (Å²) in [4.78, 5) is 17.2. The summed E-state index contributed by atoms with van der Waals surface area (Å²) >= 11 is 0. The van der Waals surface area contributed by atoms with Crippen LogP contribution in [0, 0.1) is 5.41 Å². The SMILES string of the molecule is CC(C)(C)C(=O)NC1(c2cccc(-c3cc(-c4ccnn4C4CCOCC4)c4c(N)ncnn34)c2)COC1. The summed E-state index contributed by atoms with van der Waals surface area (Å²) in [6, 6.07) is 12.6. The van der Waals surface area contributed by atoms with E-state index in [1.54, 1.807) is 0 Å². The Labute approximate surface area is 221 Å². The summed E-state index contributed by atoms with van der Waals surface area (Å²) in [5, 5.41) is 12.5. The number of carbonyl (C=O) groups is 1. The number of nitrogens with two attached hydrogens (primary N) is 1. The van der Waals surface area contributed by atoms with Crippen molar-refractivity contribution in [3.63, 3.8) is 0 Å². The zero-order valence-electron chi connectivity index (χ0n) is 22.0. The van der Waals surface area contributed by atoms with E-state index in [-0.39, 0.29) is 11.9 Å². The van der Waals surface area contributed by atoms with E-state index < -0.39 is 11.0 Å². The molecule has 198 valence electrons. The van der Waals surface area contributed by atoms with Crippen molar-refractivity contribution in [2.75, 3.05) is 32.2 Å². The Morgan fingerprint density at radius 2 is 1.87 bits per heavy atom. The fourth-order valence-corrected chi connectivity index (χ4v) is 5.22. The first-order valence-electron chi connectivity index (χ1n) is 13.0. The Bertz CT molecular complexity index is 1490. The van der Waals surface area contributed by atoms with Gasteiger partial charge in [-0.25, -0.2) is 9.50 Å². The molecule has 2 aliphatic heterocycles. The average Bonchev–Trinajstić information content (AvgIpc) is 3.52. The van der Waals surface area contributed by atoms with E-state index in [4.69, 9.17) is 15.2 Å². The fourth-order valence-electron chi connectivity index (χ4n) is 5.22. The van der Waals surface area contributed by atoms with Crippen LogP contribution in [0.2, 0.25) is 0 Å². The van der Waals surface area contributed by atoms with Crippen molar-refractivity contribution in [2.45, 2.75) is 45.2 Å².